The largest absolute Gasteiger partial charge is 0.0616 e. The maximum Gasteiger partial charge on any atom is 0.0165 e. The second-order valence-corrected chi connectivity index (χ2v) is 31.6. The van der Waals surface area contributed by atoms with Crippen molar-refractivity contribution >= 4 is 118 Å². The van der Waals surface area contributed by atoms with Crippen LogP contribution in [0.1, 0.15) is 49.9 Å². The van der Waals surface area contributed by atoms with Gasteiger partial charge in [-0.3, -0.25) is 0 Å². The van der Waals surface area contributed by atoms with Gasteiger partial charge in [0.1, 0.15) is 0 Å². The summed E-state index contributed by atoms with van der Waals surface area (Å²) in [6.45, 7) is 9.56. The minimum absolute atomic E-state index is 0.0615. The lowest BCUT2D eigenvalue weighted by Gasteiger charge is -2.24. The minimum Gasteiger partial charge on any atom is -0.0616 e. The summed E-state index contributed by atoms with van der Waals surface area (Å²) in [5.41, 5.74) is 26.0. The van der Waals surface area contributed by atoms with Gasteiger partial charge in [-0.25, -0.2) is 0 Å². The zero-order valence-corrected chi connectivity index (χ0v) is 61.8. The lowest BCUT2D eigenvalue weighted by molar-refractivity contribution is 0.661. The molecule has 2 aliphatic carbocycles. The number of rotatable bonds is 6. The van der Waals surface area contributed by atoms with Gasteiger partial charge in [-0.2, -0.15) is 0 Å². The zero-order valence-electron chi connectivity index (χ0n) is 61.8. The van der Waals surface area contributed by atoms with Gasteiger partial charge in [0, 0.05) is 10.8 Å². The van der Waals surface area contributed by atoms with Gasteiger partial charge >= 0.3 is 0 Å². The van der Waals surface area contributed by atoms with Crippen molar-refractivity contribution in [1.82, 2.24) is 0 Å². The smallest absolute Gasteiger partial charge is 0.0165 e. The summed E-state index contributed by atoms with van der Waals surface area (Å²) in [5, 5.41) is 28.4. The zero-order chi connectivity index (χ0) is 73.1. The lowest BCUT2D eigenvalue weighted by atomic mass is 9.79. The van der Waals surface area contributed by atoms with Crippen LogP contribution in [0.4, 0.5) is 0 Å². The van der Waals surface area contributed by atoms with Crippen molar-refractivity contribution < 1.29 is 0 Å². The van der Waals surface area contributed by atoms with Crippen LogP contribution in [-0.4, -0.2) is 0 Å². The van der Waals surface area contributed by atoms with Crippen molar-refractivity contribution in [3.8, 4) is 89.0 Å². The van der Waals surface area contributed by atoms with Crippen LogP contribution in [0.15, 0.2) is 376 Å². The topological polar surface area (TPSA) is 0 Å². The van der Waals surface area contributed by atoms with Crippen LogP contribution >= 0.6 is 0 Å². The van der Waals surface area contributed by atoms with Gasteiger partial charge in [0.2, 0.25) is 0 Å². The van der Waals surface area contributed by atoms with E-state index in [0.717, 1.165) is 0 Å². The van der Waals surface area contributed by atoms with E-state index in [4.69, 9.17) is 0 Å². The molecule has 0 spiro atoms. The van der Waals surface area contributed by atoms with Crippen molar-refractivity contribution in [2.45, 2.75) is 38.5 Å². The minimum atomic E-state index is -0.131. The van der Waals surface area contributed by atoms with E-state index in [1.165, 1.54) is 230 Å². The molecule has 0 heteroatoms. The Morgan fingerprint density at radius 3 is 0.845 bits per heavy atom. The van der Waals surface area contributed by atoms with Crippen molar-refractivity contribution in [2.75, 3.05) is 0 Å². The molecule has 0 fully saturated rings. The first-order valence-electron chi connectivity index (χ1n) is 38.8. The first kappa shape index (κ1) is 63.7. The van der Waals surface area contributed by atoms with Crippen LogP contribution in [0.3, 0.4) is 0 Å². The number of benzene rings is 21. The van der Waals surface area contributed by atoms with Crippen LogP contribution in [0.2, 0.25) is 0 Å². The summed E-state index contributed by atoms with van der Waals surface area (Å²) < 4.78 is 0. The highest BCUT2D eigenvalue weighted by molar-refractivity contribution is 6.25. The molecule has 110 heavy (non-hydrogen) atoms. The predicted octanol–water partition coefficient (Wildman–Crippen LogP) is 30.7. The molecule has 23 rings (SSSR count). The monoisotopic (exact) mass is 1390 g/mol. The molecule has 0 nitrogen and oxygen atoms in total. The van der Waals surface area contributed by atoms with Crippen molar-refractivity contribution in [3.63, 3.8) is 0 Å². The Bertz CT molecular complexity index is 7370. The molecule has 0 saturated heterocycles. The molecule has 0 amide bonds. The molecule has 21 aromatic rings. The molecule has 2 aliphatic rings. The van der Waals surface area contributed by atoms with E-state index in [1.54, 1.807) is 0 Å². The van der Waals surface area contributed by atoms with Gasteiger partial charge in [0.05, 0.1) is 0 Å². The van der Waals surface area contributed by atoms with E-state index >= 15 is 0 Å². The Morgan fingerprint density at radius 1 is 0.145 bits per heavy atom. The summed E-state index contributed by atoms with van der Waals surface area (Å²) in [6.07, 6.45) is 0. The molecule has 0 atom stereocenters. The van der Waals surface area contributed by atoms with Crippen LogP contribution in [0, 0.1) is 0 Å². The maximum atomic E-state index is 2.50. The Kier molecular flexibility index (Phi) is 14.2. The fourth-order valence-corrected chi connectivity index (χ4v) is 19.8. The first-order valence-corrected chi connectivity index (χ1v) is 38.8. The van der Waals surface area contributed by atoms with Gasteiger partial charge in [0.15, 0.2) is 0 Å². The van der Waals surface area contributed by atoms with E-state index in [2.05, 4.69) is 404 Å². The van der Waals surface area contributed by atoms with Gasteiger partial charge in [-0.15, -0.1) is 0 Å². The molecule has 0 N–H and O–H groups in total. The molecule has 0 heterocycles. The lowest BCUT2D eigenvalue weighted by Crippen LogP contribution is -2.15. The van der Waals surface area contributed by atoms with Crippen LogP contribution in [0.5, 0.6) is 0 Å². The third-order valence-electron chi connectivity index (χ3n) is 25.0. The number of hydrogen-bond donors (Lipinski definition) is 0. The fourth-order valence-electron chi connectivity index (χ4n) is 19.8. The maximum absolute atomic E-state index is 2.50. The summed E-state index contributed by atoms with van der Waals surface area (Å²) in [7, 11) is 0. The van der Waals surface area contributed by atoms with Crippen LogP contribution < -0.4 is 0 Å². The normalized spacial score (nSPS) is 13.2. The van der Waals surface area contributed by atoms with Gasteiger partial charge in [0.25, 0.3) is 0 Å². The van der Waals surface area contributed by atoms with Crippen molar-refractivity contribution in [2.24, 2.45) is 0 Å². The highest BCUT2D eigenvalue weighted by Crippen LogP contribution is 2.57. The highest BCUT2D eigenvalue weighted by atomic mass is 14.4. The molecule has 21 aromatic carbocycles. The Labute approximate surface area is 640 Å². The average molecular weight is 1400 g/mol. The number of hydrogen-bond acceptors (Lipinski definition) is 0. The molecule has 0 aliphatic heterocycles. The van der Waals surface area contributed by atoms with E-state index in [-0.39, 0.29) is 10.8 Å². The van der Waals surface area contributed by atoms with Crippen molar-refractivity contribution in [1.29, 1.82) is 0 Å². The fraction of sp³-hybridized carbons (Fsp3) is 0.0545. The van der Waals surface area contributed by atoms with Gasteiger partial charge < -0.3 is 0 Å². The molecular weight excluding hydrogens is 1320 g/mol. The first-order chi connectivity index (χ1) is 54.1. The van der Waals surface area contributed by atoms with Crippen molar-refractivity contribution in [3.05, 3.63) is 398 Å². The van der Waals surface area contributed by atoms with Gasteiger partial charge in [-0.1, -0.05) is 367 Å². The van der Waals surface area contributed by atoms with E-state index in [9.17, 15) is 0 Å². The van der Waals surface area contributed by atoms with E-state index in [0.29, 0.717) is 0 Å². The molecular formula is C110H74. The standard InChI is InChI=1S/C57H38.C53H36/c1-57(2)52-32-31-40(34-51(52)55-44-17-7-5-15-42(44)43-16-6-12-22-49(43)56(55)57)54-47-20-10-8-18-45(47)53(46-19-9-11-21-48(46)54)38-28-23-35(24-29-38)39-30-27-37-26-25-36-13-3-4-14-41(36)50(37)33-39;1-53(2)49-28-27-40(31-47(49)48-30-37-12-3-4-13-38(37)32-50(48)53)52-44-17-9-7-15-42(44)51(43-16-8-10-18-45(43)52)36-24-19-33(20-25-36)39-26-23-35-22-21-34-11-5-6-14-41(34)46(35)29-39/h3-34H,1-2H3;3-32H,1-2H3. The average Bonchev–Trinajstić information content (AvgIpc) is 1.52. The SMILES string of the molecule is CC1(C)c2ccc(-c3c4ccccc4c(-c4ccc(-c5ccc6ccc7ccccc7c6c5)cc4)c4ccccc34)cc2-c2c1c1ccccc1c1ccccc21.CC1(C)c2ccc(-c3c4ccccc4c(-c4ccc(-c5ccc6ccc7ccccc7c6c5)cc4)c4ccccc34)cc2-c2cc3ccccc3cc21. The van der Waals surface area contributed by atoms with E-state index in [1.807, 2.05) is 0 Å². The Hall–Kier alpha value is -13.5. The molecule has 0 saturated carbocycles. The Morgan fingerprint density at radius 2 is 0.418 bits per heavy atom. The van der Waals surface area contributed by atoms with E-state index < -0.39 is 0 Å². The molecule has 0 bridgehead atoms. The molecule has 514 valence electrons. The number of fused-ring (bicyclic) bond motifs is 22. The second-order valence-electron chi connectivity index (χ2n) is 31.6. The van der Waals surface area contributed by atoms with Gasteiger partial charge in [-0.05, 0) is 266 Å². The third-order valence-corrected chi connectivity index (χ3v) is 25.0. The highest BCUT2D eigenvalue weighted by Gasteiger charge is 2.40. The Balaban J connectivity index is 0.000000136. The summed E-state index contributed by atoms with van der Waals surface area (Å²) in [6, 6.07) is 141. The molecule has 0 radical (unpaired) electrons. The quantitative estimate of drug-likeness (QED) is 0.115. The summed E-state index contributed by atoms with van der Waals surface area (Å²) >= 11 is 0. The van der Waals surface area contributed by atoms with Crippen LogP contribution in [0.25, 0.3) is 208 Å². The summed E-state index contributed by atoms with van der Waals surface area (Å²) in [4.78, 5) is 0. The van der Waals surface area contributed by atoms with Crippen LogP contribution in [-0.2, 0) is 10.8 Å². The third kappa shape index (κ3) is 9.72. The molecule has 0 unspecified atom stereocenters. The predicted molar refractivity (Wildman–Crippen MR) is 473 cm³/mol. The molecule has 0 aromatic heterocycles. The second kappa shape index (κ2) is 24.5. The summed E-state index contributed by atoms with van der Waals surface area (Å²) in [5.74, 6) is 0.